The fourth-order valence-electron chi connectivity index (χ4n) is 3.50. The zero-order chi connectivity index (χ0) is 15.0. The number of carbonyl (C=O) groups is 1. The molecule has 1 saturated heterocycles. The van der Waals surface area contributed by atoms with Crippen LogP contribution in [-0.4, -0.2) is 38.4 Å². The Kier molecular flexibility index (Phi) is 3.95. The van der Waals surface area contributed by atoms with E-state index in [1.54, 1.807) is 13.2 Å². The molecule has 2 fully saturated rings. The summed E-state index contributed by atoms with van der Waals surface area (Å²) in [5.74, 6) is -0.0818. The van der Waals surface area contributed by atoms with Crippen molar-refractivity contribution in [2.24, 2.45) is 11.8 Å². The summed E-state index contributed by atoms with van der Waals surface area (Å²) >= 11 is 0. The van der Waals surface area contributed by atoms with Gasteiger partial charge >= 0.3 is 0 Å². The molecular formula is C16H20FNO3. The molecule has 114 valence electrons. The number of halogens is 1. The minimum atomic E-state index is -0.394. The highest BCUT2D eigenvalue weighted by Crippen LogP contribution is 2.43. The smallest absolute Gasteiger partial charge is 0.251 e. The van der Waals surface area contributed by atoms with Crippen molar-refractivity contribution in [1.82, 2.24) is 5.32 Å². The van der Waals surface area contributed by atoms with E-state index in [-0.39, 0.29) is 24.0 Å². The standard InChI is InChI=1S/C16H20FNO3/c1-9-3-4-10(17)7-12(9)16(19)18-14-11-5-6-21-15(11)13(14)8-20-2/h3-4,7,11,13-15H,5-6,8H2,1-2H3,(H,18,19)/t11-,13+,14+,15-/m0/s1. The summed E-state index contributed by atoms with van der Waals surface area (Å²) in [5, 5.41) is 3.04. The Morgan fingerprint density at radius 1 is 1.52 bits per heavy atom. The monoisotopic (exact) mass is 293 g/mol. The van der Waals surface area contributed by atoms with Gasteiger partial charge in [0.25, 0.3) is 5.91 Å². The molecular weight excluding hydrogens is 273 g/mol. The molecule has 1 aromatic rings. The Bertz CT molecular complexity index is 548. The molecule has 1 aliphatic carbocycles. The van der Waals surface area contributed by atoms with Gasteiger partial charge in [-0.05, 0) is 31.0 Å². The average Bonchev–Trinajstić information content (AvgIpc) is 2.89. The van der Waals surface area contributed by atoms with Gasteiger partial charge in [-0.3, -0.25) is 4.79 Å². The SMILES string of the molecule is COC[C@@H]1[C@H](NC(=O)c2cc(F)ccc2C)[C@@H]2CCO[C@H]12. The molecule has 0 spiro atoms. The third-order valence-corrected chi connectivity index (χ3v) is 4.63. The van der Waals surface area contributed by atoms with Gasteiger partial charge in [-0.25, -0.2) is 4.39 Å². The molecule has 3 rings (SSSR count). The van der Waals surface area contributed by atoms with Crippen LogP contribution in [0, 0.1) is 24.6 Å². The first-order valence-corrected chi connectivity index (χ1v) is 7.29. The van der Waals surface area contributed by atoms with Crippen LogP contribution in [-0.2, 0) is 9.47 Å². The molecule has 1 amide bonds. The number of rotatable bonds is 4. The van der Waals surface area contributed by atoms with Crippen molar-refractivity contribution in [1.29, 1.82) is 0 Å². The van der Waals surface area contributed by atoms with E-state index < -0.39 is 5.82 Å². The lowest BCUT2D eigenvalue weighted by Gasteiger charge is -2.47. The summed E-state index contributed by atoms with van der Waals surface area (Å²) in [6.45, 7) is 3.11. The van der Waals surface area contributed by atoms with Crippen molar-refractivity contribution >= 4 is 5.91 Å². The maximum atomic E-state index is 13.3. The second-order valence-corrected chi connectivity index (χ2v) is 5.87. The lowest BCUT2D eigenvalue weighted by Crippen LogP contribution is -2.62. The summed E-state index contributed by atoms with van der Waals surface area (Å²) in [6, 6.07) is 4.33. The van der Waals surface area contributed by atoms with Crippen LogP contribution in [0.4, 0.5) is 4.39 Å². The van der Waals surface area contributed by atoms with Gasteiger partial charge in [-0.2, -0.15) is 0 Å². The van der Waals surface area contributed by atoms with Crippen molar-refractivity contribution in [3.8, 4) is 0 Å². The van der Waals surface area contributed by atoms with E-state index in [0.717, 1.165) is 18.6 Å². The number of hydrogen-bond acceptors (Lipinski definition) is 3. The van der Waals surface area contributed by atoms with Gasteiger partial charge < -0.3 is 14.8 Å². The summed E-state index contributed by atoms with van der Waals surface area (Å²) < 4.78 is 24.2. The van der Waals surface area contributed by atoms with Crippen molar-refractivity contribution in [2.75, 3.05) is 20.3 Å². The molecule has 1 saturated carbocycles. The highest BCUT2D eigenvalue weighted by molar-refractivity contribution is 5.95. The van der Waals surface area contributed by atoms with E-state index in [0.29, 0.717) is 18.1 Å². The Morgan fingerprint density at radius 3 is 3.10 bits per heavy atom. The summed E-state index contributed by atoms with van der Waals surface area (Å²) in [4.78, 5) is 12.4. The molecule has 1 N–H and O–H groups in total. The molecule has 2 aliphatic rings. The van der Waals surface area contributed by atoms with E-state index in [1.165, 1.54) is 12.1 Å². The number of nitrogens with one attached hydrogen (secondary N) is 1. The zero-order valence-corrected chi connectivity index (χ0v) is 12.3. The highest BCUT2D eigenvalue weighted by atomic mass is 19.1. The van der Waals surface area contributed by atoms with E-state index in [4.69, 9.17) is 9.47 Å². The first kappa shape index (κ1) is 14.5. The maximum absolute atomic E-state index is 13.3. The van der Waals surface area contributed by atoms with E-state index in [1.807, 2.05) is 6.92 Å². The molecule has 21 heavy (non-hydrogen) atoms. The number of fused-ring (bicyclic) bond motifs is 1. The van der Waals surface area contributed by atoms with Crippen LogP contribution in [0.25, 0.3) is 0 Å². The van der Waals surface area contributed by atoms with E-state index >= 15 is 0 Å². The third-order valence-electron chi connectivity index (χ3n) is 4.63. The van der Waals surface area contributed by atoms with Crippen molar-refractivity contribution in [3.05, 3.63) is 35.1 Å². The van der Waals surface area contributed by atoms with Gasteiger partial charge in [-0.15, -0.1) is 0 Å². The molecule has 1 aliphatic heterocycles. The average molecular weight is 293 g/mol. The Hall–Kier alpha value is -1.46. The molecule has 5 heteroatoms. The Morgan fingerprint density at radius 2 is 2.33 bits per heavy atom. The molecule has 0 bridgehead atoms. The molecule has 1 aromatic carbocycles. The van der Waals surface area contributed by atoms with Crippen LogP contribution < -0.4 is 5.32 Å². The lowest BCUT2D eigenvalue weighted by molar-refractivity contribution is -0.0809. The summed E-state index contributed by atoms with van der Waals surface area (Å²) in [5.41, 5.74) is 1.17. The number of carbonyl (C=O) groups excluding carboxylic acids is 1. The van der Waals surface area contributed by atoms with Gasteiger partial charge in [-0.1, -0.05) is 6.07 Å². The van der Waals surface area contributed by atoms with Crippen molar-refractivity contribution in [3.63, 3.8) is 0 Å². The first-order valence-electron chi connectivity index (χ1n) is 7.29. The molecule has 4 atom stereocenters. The van der Waals surface area contributed by atoms with E-state index in [9.17, 15) is 9.18 Å². The van der Waals surface area contributed by atoms with E-state index in [2.05, 4.69) is 5.32 Å². The predicted molar refractivity (Wildman–Crippen MR) is 75.6 cm³/mol. The Labute approximate surface area is 123 Å². The second kappa shape index (κ2) is 5.73. The largest absolute Gasteiger partial charge is 0.384 e. The quantitative estimate of drug-likeness (QED) is 0.922. The van der Waals surface area contributed by atoms with Crippen molar-refractivity contribution in [2.45, 2.75) is 25.5 Å². The van der Waals surface area contributed by atoms with Gasteiger partial charge in [0.1, 0.15) is 5.82 Å². The molecule has 1 heterocycles. The van der Waals surface area contributed by atoms with Gasteiger partial charge in [0.2, 0.25) is 0 Å². The number of ether oxygens (including phenoxy) is 2. The number of benzene rings is 1. The third kappa shape index (κ3) is 2.56. The molecule has 0 unspecified atom stereocenters. The fraction of sp³-hybridized carbons (Fsp3) is 0.562. The molecule has 0 aromatic heterocycles. The number of hydrogen-bond donors (Lipinski definition) is 1. The van der Waals surface area contributed by atoms with Crippen LogP contribution in [0.2, 0.25) is 0 Å². The maximum Gasteiger partial charge on any atom is 0.251 e. The van der Waals surface area contributed by atoms with Gasteiger partial charge in [0, 0.05) is 37.2 Å². The normalized spacial score (nSPS) is 30.6. The van der Waals surface area contributed by atoms with Crippen LogP contribution in [0.15, 0.2) is 18.2 Å². The summed E-state index contributed by atoms with van der Waals surface area (Å²) in [6.07, 6.45) is 1.14. The predicted octanol–water partition coefficient (Wildman–Crippen LogP) is 1.91. The second-order valence-electron chi connectivity index (χ2n) is 5.87. The lowest BCUT2D eigenvalue weighted by atomic mass is 9.67. The minimum absolute atomic E-state index is 0.0487. The number of methoxy groups -OCH3 is 1. The van der Waals surface area contributed by atoms with Crippen LogP contribution in [0.1, 0.15) is 22.3 Å². The minimum Gasteiger partial charge on any atom is -0.384 e. The first-order chi connectivity index (χ1) is 10.1. The van der Waals surface area contributed by atoms with Crippen molar-refractivity contribution < 1.29 is 18.7 Å². The topological polar surface area (TPSA) is 47.6 Å². The number of aryl methyl sites for hydroxylation is 1. The Balaban J connectivity index is 1.73. The van der Waals surface area contributed by atoms with Crippen LogP contribution in [0.3, 0.4) is 0 Å². The fourth-order valence-corrected chi connectivity index (χ4v) is 3.50. The summed E-state index contributed by atoms with van der Waals surface area (Å²) in [7, 11) is 1.65. The van der Waals surface area contributed by atoms with Gasteiger partial charge in [0.05, 0.1) is 12.7 Å². The highest BCUT2D eigenvalue weighted by Gasteiger charge is 2.54. The molecule has 0 radical (unpaired) electrons. The molecule has 4 nitrogen and oxygen atoms in total. The van der Waals surface area contributed by atoms with Crippen LogP contribution in [0.5, 0.6) is 0 Å². The number of amides is 1. The zero-order valence-electron chi connectivity index (χ0n) is 12.3. The van der Waals surface area contributed by atoms with Gasteiger partial charge in [0.15, 0.2) is 0 Å². The van der Waals surface area contributed by atoms with Crippen LogP contribution >= 0.6 is 0 Å².